The SMILES string of the molecule is CCNC(=O)CN(C)c1c(F)cc(C=O)cc1F. The van der Waals surface area contributed by atoms with Crippen LogP contribution in [-0.4, -0.2) is 32.3 Å². The first-order valence-electron chi connectivity index (χ1n) is 5.41. The van der Waals surface area contributed by atoms with Gasteiger partial charge in [0.15, 0.2) is 0 Å². The van der Waals surface area contributed by atoms with E-state index in [2.05, 4.69) is 5.32 Å². The van der Waals surface area contributed by atoms with Crippen molar-refractivity contribution in [3.63, 3.8) is 0 Å². The summed E-state index contributed by atoms with van der Waals surface area (Å²) >= 11 is 0. The summed E-state index contributed by atoms with van der Waals surface area (Å²) in [5, 5.41) is 2.53. The minimum atomic E-state index is -0.871. The van der Waals surface area contributed by atoms with Crippen molar-refractivity contribution < 1.29 is 18.4 Å². The van der Waals surface area contributed by atoms with Gasteiger partial charge in [0.2, 0.25) is 5.91 Å². The number of hydrogen-bond donors (Lipinski definition) is 1. The highest BCUT2D eigenvalue weighted by atomic mass is 19.1. The Labute approximate surface area is 104 Å². The predicted octanol–water partition coefficient (Wildman–Crippen LogP) is 1.35. The van der Waals surface area contributed by atoms with Crippen LogP contribution in [0.15, 0.2) is 12.1 Å². The minimum Gasteiger partial charge on any atom is -0.361 e. The third kappa shape index (κ3) is 3.26. The average Bonchev–Trinajstić information content (AvgIpc) is 2.27. The number of hydrogen-bond acceptors (Lipinski definition) is 3. The number of benzene rings is 1. The highest BCUT2D eigenvalue weighted by Gasteiger charge is 2.17. The van der Waals surface area contributed by atoms with E-state index in [4.69, 9.17) is 0 Å². The van der Waals surface area contributed by atoms with Crippen LogP contribution in [0.25, 0.3) is 0 Å². The van der Waals surface area contributed by atoms with Crippen molar-refractivity contribution in [1.82, 2.24) is 5.32 Å². The van der Waals surface area contributed by atoms with Gasteiger partial charge in [-0.15, -0.1) is 0 Å². The number of likely N-dealkylation sites (N-methyl/N-ethyl adjacent to an activating group) is 2. The van der Waals surface area contributed by atoms with Crippen LogP contribution in [-0.2, 0) is 4.79 Å². The summed E-state index contributed by atoms with van der Waals surface area (Å²) in [6.45, 7) is 2.03. The molecule has 0 saturated carbocycles. The largest absolute Gasteiger partial charge is 0.361 e. The maximum absolute atomic E-state index is 13.6. The van der Waals surface area contributed by atoms with Crippen molar-refractivity contribution >= 4 is 17.9 Å². The molecule has 0 unspecified atom stereocenters. The van der Waals surface area contributed by atoms with E-state index in [1.807, 2.05) is 0 Å². The lowest BCUT2D eigenvalue weighted by molar-refractivity contribution is -0.119. The number of carbonyl (C=O) groups is 2. The van der Waals surface area contributed by atoms with Crippen LogP contribution in [0.1, 0.15) is 17.3 Å². The van der Waals surface area contributed by atoms with Crippen LogP contribution in [0.5, 0.6) is 0 Å². The highest BCUT2D eigenvalue weighted by Crippen LogP contribution is 2.23. The molecule has 98 valence electrons. The number of nitrogens with one attached hydrogen (secondary N) is 1. The molecule has 0 atom stereocenters. The standard InChI is InChI=1S/C12H14F2N2O2/c1-3-15-11(18)6-16(2)12-9(13)4-8(7-17)5-10(12)14/h4-5,7H,3,6H2,1-2H3,(H,15,18). The van der Waals surface area contributed by atoms with Crippen molar-refractivity contribution in [2.45, 2.75) is 6.92 Å². The fourth-order valence-electron chi connectivity index (χ4n) is 1.57. The first-order valence-corrected chi connectivity index (χ1v) is 5.41. The van der Waals surface area contributed by atoms with Crippen LogP contribution in [0.3, 0.4) is 0 Å². The second-order valence-corrected chi connectivity index (χ2v) is 3.76. The fraction of sp³-hybridized carbons (Fsp3) is 0.333. The van der Waals surface area contributed by atoms with E-state index >= 15 is 0 Å². The molecule has 0 aliphatic heterocycles. The molecular formula is C12H14F2N2O2. The summed E-state index contributed by atoms with van der Waals surface area (Å²) in [6.07, 6.45) is 0.361. The van der Waals surface area contributed by atoms with Crippen LogP contribution in [0.2, 0.25) is 0 Å². The van der Waals surface area contributed by atoms with E-state index in [1.54, 1.807) is 6.92 Å². The van der Waals surface area contributed by atoms with Crippen LogP contribution in [0.4, 0.5) is 14.5 Å². The molecule has 1 amide bonds. The summed E-state index contributed by atoms with van der Waals surface area (Å²) in [6, 6.07) is 1.86. The first kappa shape index (κ1) is 14.1. The summed E-state index contributed by atoms with van der Waals surface area (Å²) in [7, 11) is 1.40. The average molecular weight is 256 g/mol. The smallest absolute Gasteiger partial charge is 0.239 e. The van der Waals surface area contributed by atoms with E-state index in [0.29, 0.717) is 12.8 Å². The number of nitrogens with zero attached hydrogens (tertiary/aromatic N) is 1. The second kappa shape index (κ2) is 6.09. The molecule has 0 aliphatic carbocycles. The van der Waals surface area contributed by atoms with Gasteiger partial charge in [0, 0.05) is 19.2 Å². The Morgan fingerprint density at radius 1 is 1.39 bits per heavy atom. The molecule has 0 aliphatic rings. The van der Waals surface area contributed by atoms with Gasteiger partial charge in [0.25, 0.3) is 0 Å². The number of rotatable bonds is 5. The lowest BCUT2D eigenvalue weighted by Crippen LogP contribution is -2.35. The van der Waals surface area contributed by atoms with Crippen molar-refractivity contribution in [1.29, 1.82) is 0 Å². The van der Waals surface area contributed by atoms with Gasteiger partial charge in [-0.2, -0.15) is 0 Å². The van der Waals surface area contributed by atoms with Crippen LogP contribution >= 0.6 is 0 Å². The van der Waals surface area contributed by atoms with Gasteiger partial charge < -0.3 is 10.2 Å². The van der Waals surface area contributed by atoms with Crippen molar-refractivity contribution in [2.24, 2.45) is 0 Å². The maximum Gasteiger partial charge on any atom is 0.239 e. The maximum atomic E-state index is 13.6. The quantitative estimate of drug-likeness (QED) is 0.809. The molecule has 0 fully saturated rings. The minimum absolute atomic E-state index is 0.0832. The van der Waals surface area contributed by atoms with Gasteiger partial charge >= 0.3 is 0 Å². The number of halogens is 2. The fourth-order valence-corrected chi connectivity index (χ4v) is 1.57. The molecule has 0 bridgehead atoms. The van der Waals surface area contributed by atoms with Gasteiger partial charge in [-0.05, 0) is 19.1 Å². The molecule has 1 aromatic carbocycles. The molecule has 6 heteroatoms. The molecule has 0 radical (unpaired) electrons. The third-order valence-corrected chi connectivity index (χ3v) is 2.31. The summed E-state index contributed by atoms with van der Waals surface area (Å²) in [4.78, 5) is 22.9. The zero-order valence-corrected chi connectivity index (χ0v) is 10.2. The lowest BCUT2D eigenvalue weighted by Gasteiger charge is -2.20. The molecule has 18 heavy (non-hydrogen) atoms. The molecule has 1 aromatic rings. The van der Waals surface area contributed by atoms with E-state index in [-0.39, 0.29) is 23.7 Å². The second-order valence-electron chi connectivity index (χ2n) is 3.76. The molecule has 4 nitrogen and oxygen atoms in total. The summed E-state index contributed by atoms with van der Waals surface area (Å²) in [5.41, 5.74) is -0.410. The number of aldehydes is 1. The van der Waals surface area contributed by atoms with Gasteiger partial charge in [0.05, 0.1) is 6.54 Å². The number of amides is 1. The Hall–Kier alpha value is -1.98. The van der Waals surface area contributed by atoms with Gasteiger partial charge in [-0.1, -0.05) is 0 Å². The molecule has 1 rings (SSSR count). The van der Waals surface area contributed by atoms with E-state index < -0.39 is 11.6 Å². The number of anilines is 1. The Kier molecular flexibility index (Phi) is 4.76. The Morgan fingerprint density at radius 3 is 2.39 bits per heavy atom. The van der Waals surface area contributed by atoms with E-state index in [1.165, 1.54) is 7.05 Å². The topological polar surface area (TPSA) is 49.4 Å². The van der Waals surface area contributed by atoms with E-state index in [0.717, 1.165) is 17.0 Å². The van der Waals surface area contributed by atoms with Gasteiger partial charge in [-0.25, -0.2) is 8.78 Å². The Balaban J connectivity index is 2.95. The monoisotopic (exact) mass is 256 g/mol. The van der Waals surface area contributed by atoms with E-state index in [9.17, 15) is 18.4 Å². The van der Waals surface area contributed by atoms with Crippen molar-refractivity contribution in [2.75, 3.05) is 25.0 Å². The molecule has 0 spiro atoms. The third-order valence-electron chi connectivity index (χ3n) is 2.31. The summed E-state index contributed by atoms with van der Waals surface area (Å²) < 4.78 is 27.2. The van der Waals surface area contributed by atoms with Gasteiger partial charge in [-0.3, -0.25) is 9.59 Å². The first-order chi connectivity index (χ1) is 8.49. The molecular weight excluding hydrogens is 242 g/mol. The molecule has 0 aromatic heterocycles. The Morgan fingerprint density at radius 2 is 1.94 bits per heavy atom. The molecule has 0 heterocycles. The Bertz CT molecular complexity index is 440. The molecule has 1 N–H and O–H groups in total. The highest BCUT2D eigenvalue weighted by molar-refractivity contribution is 5.82. The zero-order valence-electron chi connectivity index (χ0n) is 10.2. The molecule has 0 saturated heterocycles. The van der Waals surface area contributed by atoms with Crippen molar-refractivity contribution in [3.05, 3.63) is 29.3 Å². The normalized spacial score (nSPS) is 10.0. The van der Waals surface area contributed by atoms with Crippen molar-refractivity contribution in [3.8, 4) is 0 Å². The van der Waals surface area contributed by atoms with Crippen LogP contribution < -0.4 is 10.2 Å². The summed E-state index contributed by atoms with van der Waals surface area (Å²) in [5.74, 6) is -2.08. The predicted molar refractivity (Wildman–Crippen MR) is 63.7 cm³/mol. The zero-order chi connectivity index (χ0) is 13.7. The van der Waals surface area contributed by atoms with Crippen LogP contribution in [0, 0.1) is 11.6 Å². The van der Waals surface area contributed by atoms with Gasteiger partial charge in [0.1, 0.15) is 23.6 Å². The lowest BCUT2D eigenvalue weighted by atomic mass is 10.2. The number of carbonyl (C=O) groups excluding carboxylic acids is 2.